The molecule has 10 nitrogen and oxygen atoms in total. The Balaban J connectivity index is 0.000000186. The minimum atomic E-state index is -0.352. The van der Waals surface area contributed by atoms with E-state index in [0.29, 0.717) is 17.7 Å². The normalized spacial score (nSPS) is 15.1. The number of benzene rings is 6. The lowest BCUT2D eigenvalue weighted by Crippen LogP contribution is -2.45. The Kier molecular flexibility index (Phi) is 17.9. The molecule has 1 aliphatic carbocycles. The van der Waals surface area contributed by atoms with Crippen LogP contribution in [-0.4, -0.2) is 78.5 Å². The molecule has 0 atom stereocenters. The van der Waals surface area contributed by atoms with Gasteiger partial charge in [-0.05, 0) is 125 Å². The van der Waals surface area contributed by atoms with Crippen LogP contribution in [0.15, 0.2) is 101 Å². The van der Waals surface area contributed by atoms with Gasteiger partial charge in [-0.2, -0.15) is 0 Å². The second kappa shape index (κ2) is 25.9. The van der Waals surface area contributed by atoms with Crippen molar-refractivity contribution < 1.29 is 28.2 Å². The molecule has 6 aliphatic heterocycles. The fraction of sp³-hybridized carbons (Fsp3) is 0.444. The molecule has 0 spiro atoms. The zero-order valence-corrected chi connectivity index (χ0v) is 49.9. The Hall–Kier alpha value is -7.20. The maximum absolute atomic E-state index is 13.9. The van der Waals surface area contributed by atoms with Crippen molar-refractivity contribution in [2.24, 2.45) is 0 Å². The Morgan fingerprint density at radius 3 is 2.05 bits per heavy atom. The molecule has 0 N–H and O–H groups in total. The number of ether oxygens (including phenoxy) is 3. The van der Waals surface area contributed by atoms with Crippen molar-refractivity contribution in [1.29, 1.82) is 0 Å². The molecule has 7 aliphatic rings. The van der Waals surface area contributed by atoms with Gasteiger partial charge in [0.1, 0.15) is 49.5 Å². The van der Waals surface area contributed by atoms with Crippen LogP contribution in [0.5, 0.6) is 11.5 Å². The summed E-state index contributed by atoms with van der Waals surface area (Å²) in [5.41, 5.74) is 16.2. The molecule has 5 aromatic carbocycles. The lowest BCUT2D eigenvalue weighted by atomic mass is 9.82. The van der Waals surface area contributed by atoms with Crippen molar-refractivity contribution in [3.05, 3.63) is 158 Å². The predicted octanol–water partition coefficient (Wildman–Crippen LogP) is 13.5. The van der Waals surface area contributed by atoms with E-state index in [1.165, 1.54) is 105 Å². The predicted molar refractivity (Wildman–Crippen MR) is 334 cm³/mol. The van der Waals surface area contributed by atoms with E-state index in [9.17, 15) is 9.59 Å². The largest absolute Gasteiger partial charge is 0.465 e. The number of anilines is 2. The molecule has 0 fully saturated rings. The second-order valence-electron chi connectivity index (χ2n) is 23.3. The van der Waals surface area contributed by atoms with Gasteiger partial charge in [0.25, 0.3) is 0 Å². The summed E-state index contributed by atoms with van der Waals surface area (Å²) in [6.07, 6.45) is 21.6. The van der Waals surface area contributed by atoms with Crippen LogP contribution in [0.3, 0.4) is 0 Å². The van der Waals surface area contributed by atoms with E-state index < -0.39 is 0 Å². The van der Waals surface area contributed by atoms with Gasteiger partial charge in [-0.3, -0.25) is 0 Å². The molecule has 82 heavy (non-hydrogen) atoms. The van der Waals surface area contributed by atoms with E-state index in [1.807, 2.05) is 36.4 Å². The Labute approximate surface area is 486 Å². The number of carbonyl (C=O) groups is 2. The number of methoxy groups -OCH3 is 1. The van der Waals surface area contributed by atoms with Gasteiger partial charge in [0, 0.05) is 107 Å². The average molecular weight is 1100 g/mol. The fourth-order valence-electron chi connectivity index (χ4n) is 13.9. The molecular weight excluding hydrogens is 1020 g/mol. The molecule has 0 bridgehead atoms. The molecular formula is C72H86N4O6+2. The van der Waals surface area contributed by atoms with Crippen molar-refractivity contribution in [3.8, 4) is 33.9 Å². The summed E-state index contributed by atoms with van der Waals surface area (Å²) >= 11 is 0. The van der Waals surface area contributed by atoms with Crippen LogP contribution >= 0.6 is 0 Å². The minimum absolute atomic E-state index is 0.204. The molecule has 10 heteroatoms. The highest BCUT2D eigenvalue weighted by Gasteiger charge is 2.37. The molecule has 5 aromatic rings. The van der Waals surface area contributed by atoms with Crippen molar-refractivity contribution in [3.63, 3.8) is 0 Å². The maximum atomic E-state index is 13.9. The third-order valence-corrected chi connectivity index (χ3v) is 18.2. The highest BCUT2D eigenvalue weighted by Crippen LogP contribution is 2.49. The number of hydrogen-bond acceptors (Lipinski definition) is 8. The van der Waals surface area contributed by atoms with Gasteiger partial charge >= 0.3 is 11.9 Å². The third-order valence-electron chi connectivity index (χ3n) is 18.2. The molecule has 0 aromatic heterocycles. The molecule has 0 saturated carbocycles. The molecule has 0 amide bonds. The van der Waals surface area contributed by atoms with Crippen LogP contribution < -0.4 is 39.6 Å². The number of rotatable bonds is 19. The van der Waals surface area contributed by atoms with Gasteiger partial charge in [0.2, 0.25) is 10.7 Å². The lowest BCUT2D eigenvalue weighted by molar-refractivity contribution is 0.0496. The van der Waals surface area contributed by atoms with E-state index in [2.05, 4.69) is 114 Å². The van der Waals surface area contributed by atoms with Gasteiger partial charge < -0.3 is 28.4 Å². The Morgan fingerprint density at radius 2 is 1.32 bits per heavy atom. The monoisotopic (exact) mass is 1100 g/mol. The SMILES string of the molecule is CCCCCCCCCCCCOC(=O)c1ccccc1C1=c2cc3c4c(c2Oc2c1cc1c5c2CCCN5CCC1)CCC[N+]=4CCC3.CCN(CC)c1ccc2c(-c3ccccc3C(=O)OC)c3ccc(=[N+](C)CC)cc-3oc2c1. The van der Waals surface area contributed by atoms with Crippen LogP contribution in [0.2, 0.25) is 0 Å². The quantitative estimate of drug-likeness (QED) is 0.0343. The minimum Gasteiger partial charge on any atom is -0.465 e. The number of esters is 2. The number of aryl methyl sites for hydroxylation is 2. The van der Waals surface area contributed by atoms with Crippen LogP contribution in [0.1, 0.15) is 172 Å². The summed E-state index contributed by atoms with van der Waals surface area (Å²) in [5.74, 6) is 2.29. The highest BCUT2D eigenvalue weighted by atomic mass is 16.5. The third kappa shape index (κ3) is 11.4. The first-order chi connectivity index (χ1) is 40.2. The van der Waals surface area contributed by atoms with E-state index in [1.54, 1.807) is 0 Å². The van der Waals surface area contributed by atoms with Crippen LogP contribution in [-0.2, 0) is 35.2 Å². The smallest absolute Gasteiger partial charge is 0.338 e. The molecule has 428 valence electrons. The zero-order valence-electron chi connectivity index (χ0n) is 49.9. The van der Waals surface area contributed by atoms with E-state index in [0.717, 1.165) is 175 Å². The van der Waals surface area contributed by atoms with Crippen molar-refractivity contribution >= 4 is 39.9 Å². The fourth-order valence-corrected chi connectivity index (χ4v) is 13.9. The molecule has 12 rings (SSSR count). The Bertz CT molecular complexity index is 3670. The average Bonchev–Trinajstić information content (AvgIpc) is 3.20. The Morgan fingerprint density at radius 1 is 0.646 bits per heavy atom. The molecule has 0 saturated heterocycles. The van der Waals surface area contributed by atoms with E-state index in [4.69, 9.17) is 18.6 Å². The first-order valence-corrected chi connectivity index (χ1v) is 31.4. The first kappa shape index (κ1) is 56.7. The van der Waals surface area contributed by atoms with E-state index >= 15 is 0 Å². The van der Waals surface area contributed by atoms with Crippen molar-refractivity contribution in [2.45, 2.75) is 143 Å². The van der Waals surface area contributed by atoms with Crippen molar-refractivity contribution in [1.82, 2.24) is 9.15 Å². The molecule has 6 heterocycles. The second-order valence-corrected chi connectivity index (χ2v) is 23.3. The number of unbranched alkanes of at least 4 members (excludes halogenated alkanes) is 9. The number of hydrogen-bond donors (Lipinski definition) is 0. The van der Waals surface area contributed by atoms with Gasteiger partial charge in [0.15, 0.2) is 0 Å². The maximum Gasteiger partial charge on any atom is 0.338 e. The number of carbonyl (C=O) groups excluding carboxylic acids is 2. The summed E-state index contributed by atoms with van der Waals surface area (Å²) in [4.78, 5) is 31.5. The van der Waals surface area contributed by atoms with Crippen LogP contribution in [0.25, 0.3) is 39.0 Å². The highest BCUT2D eigenvalue weighted by molar-refractivity contribution is 6.08. The zero-order chi connectivity index (χ0) is 56.7. The van der Waals surface area contributed by atoms with Crippen LogP contribution in [0, 0.1) is 0 Å². The summed E-state index contributed by atoms with van der Waals surface area (Å²) in [6.45, 7) is 16.4. The van der Waals surface area contributed by atoms with Gasteiger partial charge in [-0.15, -0.1) is 0 Å². The van der Waals surface area contributed by atoms with Crippen LogP contribution in [0.4, 0.5) is 11.4 Å². The van der Waals surface area contributed by atoms with Gasteiger partial charge in [0.05, 0.1) is 36.5 Å². The van der Waals surface area contributed by atoms with Crippen molar-refractivity contribution in [2.75, 3.05) is 76.4 Å². The summed E-state index contributed by atoms with van der Waals surface area (Å²) in [6, 6.07) is 33.2. The molecule has 0 unspecified atom stereocenters. The lowest BCUT2D eigenvalue weighted by Gasteiger charge is -2.39. The van der Waals surface area contributed by atoms with Gasteiger partial charge in [-0.1, -0.05) is 101 Å². The molecule has 0 radical (unpaired) electrons. The van der Waals surface area contributed by atoms with E-state index in [-0.39, 0.29) is 11.9 Å². The standard InChI is InChI=1S/C44H55N2O3.C28H31N2O3/c1-2-3-4-5-6-7-8-9-10-13-28-48-44(47)34-21-12-11-20-33(34)39-37-29-31-18-14-24-45-26-16-22-35(40(31)45)42(37)49-43-36-23-17-27-46-25-15-19-32(41(36)46)30-38(39)43;1-6-29(4)19-13-15-23-25(17-19)33-26-18-20(30(7-2)8-3)14-16-24(26)27(23)21-11-9-10-12-22(21)28(31)32-5/h11-12,20-21,29-30H,2-10,13-19,22-28H2,1H3;9-18H,6-8H2,1-5H3/q2*+1. The first-order valence-electron chi connectivity index (χ1n) is 31.4. The topological polar surface area (TPSA) is 87.5 Å². The summed E-state index contributed by atoms with van der Waals surface area (Å²) < 4.78 is 29.6. The number of fused-ring (bicyclic) bond motifs is 6. The summed E-state index contributed by atoms with van der Waals surface area (Å²) in [7, 11) is 3.48. The number of nitrogens with zero attached hydrogens (tertiary/aromatic N) is 4. The van der Waals surface area contributed by atoms with Gasteiger partial charge in [-0.25, -0.2) is 18.7 Å². The summed E-state index contributed by atoms with van der Waals surface area (Å²) in [5, 5.41) is 4.64.